The molecule has 0 heterocycles. The molecule has 0 fully saturated rings. The lowest BCUT2D eigenvalue weighted by Crippen LogP contribution is -2.39. The van der Waals surface area contributed by atoms with Gasteiger partial charge in [0.15, 0.2) is 6.61 Å². The van der Waals surface area contributed by atoms with Gasteiger partial charge < -0.3 is 14.8 Å². The Balaban J connectivity index is 1.67. The smallest absolute Gasteiger partial charge is 0.264 e. The molecule has 2 amide bonds. The minimum absolute atomic E-state index is 0.0178. The first-order valence-corrected chi connectivity index (χ1v) is 13.6. The van der Waals surface area contributed by atoms with Crippen molar-refractivity contribution in [1.29, 1.82) is 0 Å². The van der Waals surface area contributed by atoms with E-state index >= 15 is 0 Å². The van der Waals surface area contributed by atoms with Gasteiger partial charge in [0.05, 0.1) is 23.9 Å². The van der Waals surface area contributed by atoms with Crippen LogP contribution in [-0.4, -0.2) is 52.8 Å². The molecule has 0 radical (unpaired) electrons. The number of hydrogen-bond acceptors (Lipinski definition) is 7. The van der Waals surface area contributed by atoms with Crippen LogP contribution in [0, 0.1) is 6.92 Å². The second-order valence-corrected chi connectivity index (χ2v) is 10.8. The summed E-state index contributed by atoms with van der Waals surface area (Å²) in [5, 5.41) is 6.69. The number of hydrogen-bond donors (Lipinski definition) is 2. The number of methoxy groups -OCH3 is 1. The van der Waals surface area contributed by atoms with Crippen LogP contribution in [0.5, 0.6) is 11.5 Å². The maximum Gasteiger partial charge on any atom is 0.264 e. The molecule has 0 aromatic heterocycles. The molecule has 10 nitrogen and oxygen atoms in total. The second-order valence-electron chi connectivity index (χ2n) is 8.90. The third kappa shape index (κ3) is 8.57. The molecule has 11 heteroatoms. The van der Waals surface area contributed by atoms with Gasteiger partial charge in [0.25, 0.3) is 21.8 Å². The number of nitrogens with zero attached hydrogens (tertiary/aromatic N) is 2. The summed E-state index contributed by atoms with van der Waals surface area (Å²) in [6, 6.07) is 19.5. The number of carbonyl (C=O) groups is 2. The number of benzene rings is 3. The summed E-state index contributed by atoms with van der Waals surface area (Å²) >= 11 is 0. The molecule has 0 spiro atoms. The van der Waals surface area contributed by atoms with Crippen LogP contribution < -0.4 is 24.5 Å². The van der Waals surface area contributed by atoms with Crippen molar-refractivity contribution in [1.82, 2.24) is 10.7 Å². The molecule has 0 bridgehead atoms. The van der Waals surface area contributed by atoms with E-state index in [1.165, 1.54) is 25.5 Å². The lowest BCUT2D eigenvalue weighted by molar-refractivity contribution is -0.123. The largest absolute Gasteiger partial charge is 0.497 e. The van der Waals surface area contributed by atoms with Crippen molar-refractivity contribution in [2.24, 2.45) is 5.10 Å². The third-order valence-electron chi connectivity index (χ3n) is 5.36. The lowest BCUT2D eigenvalue weighted by atomic mass is 10.2. The summed E-state index contributed by atoms with van der Waals surface area (Å²) in [4.78, 5) is 24.5. The van der Waals surface area contributed by atoms with Crippen LogP contribution in [0.15, 0.2) is 82.8 Å². The molecule has 0 aliphatic heterocycles. The first-order chi connectivity index (χ1) is 18.6. The Bertz CT molecular complexity index is 1390. The Hall–Kier alpha value is -4.38. The highest BCUT2D eigenvalue weighted by Gasteiger charge is 2.27. The molecule has 0 saturated heterocycles. The second kappa shape index (κ2) is 13.4. The molecule has 3 rings (SSSR count). The summed E-state index contributed by atoms with van der Waals surface area (Å²) in [7, 11) is -2.57. The van der Waals surface area contributed by atoms with Crippen LogP contribution in [0.2, 0.25) is 0 Å². The number of amides is 2. The van der Waals surface area contributed by atoms with Crippen LogP contribution in [0.1, 0.15) is 25.0 Å². The van der Waals surface area contributed by atoms with Gasteiger partial charge >= 0.3 is 0 Å². The number of ether oxygens (including phenoxy) is 2. The van der Waals surface area contributed by atoms with Crippen LogP contribution in [-0.2, 0) is 19.6 Å². The molecule has 0 atom stereocenters. The van der Waals surface area contributed by atoms with Gasteiger partial charge in [-0.15, -0.1) is 0 Å². The molecule has 206 valence electrons. The van der Waals surface area contributed by atoms with E-state index in [1.54, 1.807) is 60.7 Å². The Labute approximate surface area is 228 Å². The number of sulfonamides is 1. The van der Waals surface area contributed by atoms with Crippen LogP contribution >= 0.6 is 0 Å². The first-order valence-electron chi connectivity index (χ1n) is 12.2. The van der Waals surface area contributed by atoms with E-state index in [0.717, 1.165) is 9.87 Å². The molecule has 39 heavy (non-hydrogen) atoms. The SMILES string of the molecule is COc1ccc(S(=O)(=O)N(CC(=O)N/N=C/c2ccc(OCC(=O)NC(C)C)cc2)c2ccc(C)cc2)cc1. The van der Waals surface area contributed by atoms with Gasteiger partial charge in [0.2, 0.25) is 0 Å². The van der Waals surface area contributed by atoms with Crippen molar-refractivity contribution in [2.75, 3.05) is 24.6 Å². The maximum atomic E-state index is 13.5. The number of aryl methyl sites for hydroxylation is 1. The molecule has 3 aromatic rings. The van der Waals surface area contributed by atoms with Crippen molar-refractivity contribution in [3.63, 3.8) is 0 Å². The predicted molar refractivity (Wildman–Crippen MR) is 150 cm³/mol. The average molecular weight is 553 g/mol. The zero-order chi connectivity index (χ0) is 28.4. The number of nitrogens with one attached hydrogen (secondary N) is 2. The van der Waals surface area contributed by atoms with E-state index in [-0.39, 0.29) is 23.5 Å². The van der Waals surface area contributed by atoms with Gasteiger partial charge in [-0.05, 0) is 87.0 Å². The highest BCUT2D eigenvalue weighted by atomic mass is 32.2. The summed E-state index contributed by atoms with van der Waals surface area (Å²) in [6.07, 6.45) is 1.42. The molecular weight excluding hydrogens is 520 g/mol. The first kappa shape index (κ1) is 29.2. The average Bonchev–Trinajstić information content (AvgIpc) is 2.91. The Morgan fingerprint density at radius 3 is 2.13 bits per heavy atom. The summed E-state index contributed by atoms with van der Waals surface area (Å²) in [5.74, 6) is 0.179. The van der Waals surface area contributed by atoms with Gasteiger partial charge in [0.1, 0.15) is 18.0 Å². The summed E-state index contributed by atoms with van der Waals surface area (Å²) < 4.78 is 38.5. The molecule has 0 saturated carbocycles. The highest BCUT2D eigenvalue weighted by Crippen LogP contribution is 2.25. The molecule has 0 aliphatic rings. The van der Waals surface area contributed by atoms with Crippen LogP contribution in [0.25, 0.3) is 0 Å². The van der Waals surface area contributed by atoms with Crippen LogP contribution in [0.4, 0.5) is 5.69 Å². The predicted octanol–water partition coefficient (Wildman–Crippen LogP) is 3.25. The fraction of sp³-hybridized carbons (Fsp3) is 0.250. The normalized spacial score (nSPS) is 11.3. The van der Waals surface area contributed by atoms with E-state index < -0.39 is 22.5 Å². The number of anilines is 1. The fourth-order valence-electron chi connectivity index (χ4n) is 3.41. The zero-order valence-electron chi connectivity index (χ0n) is 22.2. The van der Waals surface area contributed by atoms with Gasteiger partial charge in [0, 0.05) is 6.04 Å². The van der Waals surface area contributed by atoms with Crippen LogP contribution in [0.3, 0.4) is 0 Å². The summed E-state index contributed by atoms with van der Waals surface area (Å²) in [6.45, 7) is 5.03. The van der Waals surface area contributed by atoms with E-state index in [9.17, 15) is 18.0 Å². The minimum atomic E-state index is -4.06. The quantitative estimate of drug-likeness (QED) is 0.262. The molecule has 0 unspecified atom stereocenters. The van der Waals surface area contributed by atoms with E-state index in [4.69, 9.17) is 9.47 Å². The van der Waals surface area contributed by atoms with E-state index in [2.05, 4.69) is 15.8 Å². The molecule has 3 aromatic carbocycles. The Kier molecular flexibility index (Phi) is 10.0. The van der Waals surface area contributed by atoms with Gasteiger partial charge in [-0.1, -0.05) is 17.7 Å². The highest BCUT2D eigenvalue weighted by molar-refractivity contribution is 7.92. The maximum absolute atomic E-state index is 13.5. The molecule has 2 N–H and O–H groups in total. The van der Waals surface area contributed by atoms with Gasteiger partial charge in [-0.3, -0.25) is 13.9 Å². The minimum Gasteiger partial charge on any atom is -0.497 e. The Morgan fingerprint density at radius 2 is 1.54 bits per heavy atom. The van der Waals surface area contributed by atoms with Crippen molar-refractivity contribution < 1.29 is 27.5 Å². The molecule has 0 aliphatic carbocycles. The van der Waals surface area contributed by atoms with E-state index in [0.29, 0.717) is 22.7 Å². The monoisotopic (exact) mass is 552 g/mol. The van der Waals surface area contributed by atoms with Crippen molar-refractivity contribution >= 4 is 33.7 Å². The molecular formula is C28H32N4O6S. The van der Waals surface area contributed by atoms with E-state index in [1.807, 2.05) is 20.8 Å². The lowest BCUT2D eigenvalue weighted by Gasteiger charge is -2.24. The topological polar surface area (TPSA) is 126 Å². The number of hydrazone groups is 1. The van der Waals surface area contributed by atoms with Gasteiger partial charge in [-0.2, -0.15) is 5.10 Å². The Morgan fingerprint density at radius 1 is 0.923 bits per heavy atom. The fourth-order valence-corrected chi connectivity index (χ4v) is 4.83. The standard InChI is InChI=1S/C28H32N4O6S/c1-20(2)30-28(34)19-38-25-11-7-22(8-12-25)17-29-31-27(33)18-32(23-9-5-21(3)6-10-23)39(35,36)26-15-13-24(37-4)14-16-26/h5-17,20H,18-19H2,1-4H3,(H,30,34)(H,31,33)/b29-17+. The number of rotatable bonds is 12. The van der Waals surface area contributed by atoms with Crippen molar-refractivity contribution in [2.45, 2.75) is 31.7 Å². The third-order valence-corrected chi connectivity index (χ3v) is 7.15. The number of carbonyl (C=O) groups excluding carboxylic acids is 2. The van der Waals surface area contributed by atoms with Gasteiger partial charge in [-0.25, -0.2) is 13.8 Å². The summed E-state index contributed by atoms with van der Waals surface area (Å²) in [5.41, 5.74) is 4.33. The van der Waals surface area contributed by atoms with Crippen molar-refractivity contribution in [3.05, 3.63) is 83.9 Å². The zero-order valence-corrected chi connectivity index (χ0v) is 23.1. The van der Waals surface area contributed by atoms with Crippen molar-refractivity contribution in [3.8, 4) is 11.5 Å².